The summed E-state index contributed by atoms with van der Waals surface area (Å²) in [6, 6.07) is 12.8. The molecule has 0 spiro atoms. The van der Waals surface area contributed by atoms with Crippen LogP contribution in [-0.4, -0.2) is 44.1 Å². The molecule has 0 amide bonds. The first-order chi connectivity index (χ1) is 17.5. The van der Waals surface area contributed by atoms with Gasteiger partial charge in [-0.25, -0.2) is 0 Å². The summed E-state index contributed by atoms with van der Waals surface area (Å²) in [7, 11) is 0.212. The molecule has 2 aromatic carbocycles. The van der Waals surface area contributed by atoms with Crippen molar-refractivity contribution >= 4 is 96.4 Å². The van der Waals surface area contributed by atoms with Gasteiger partial charge in [-0.05, 0) is 88.4 Å². The molecule has 0 saturated heterocycles. The number of nitro benzene ring substituents is 2. The summed E-state index contributed by atoms with van der Waals surface area (Å²) in [6.07, 6.45) is 6.21. The van der Waals surface area contributed by atoms with Gasteiger partial charge in [0, 0.05) is 48.7 Å². The average Bonchev–Trinajstić information content (AvgIpc) is 2.90. The smallest absolute Gasteiger partial charge is 0.385 e. The van der Waals surface area contributed by atoms with Crippen LogP contribution in [0, 0.1) is 27.2 Å². The van der Waals surface area contributed by atoms with Gasteiger partial charge in [0.05, 0.1) is 9.85 Å². The van der Waals surface area contributed by atoms with Crippen molar-refractivity contribution in [3.8, 4) is 0 Å². The van der Waals surface area contributed by atoms with Gasteiger partial charge in [0.15, 0.2) is 0 Å². The Balaban J connectivity index is -0.000000489. The molecule has 0 heterocycles. The van der Waals surface area contributed by atoms with Crippen LogP contribution in [0.15, 0.2) is 48.5 Å². The zero-order valence-electron chi connectivity index (χ0n) is 22.6. The number of non-ortho nitro benzene ring substituents is 2. The quantitative estimate of drug-likeness (QED) is 0.0959. The molecular weight excluding hydrogens is 670 g/mol. The largest absolute Gasteiger partial charge is 1.00 e. The summed E-state index contributed by atoms with van der Waals surface area (Å²) in [5.41, 5.74) is 2.00. The van der Waals surface area contributed by atoms with E-state index in [0.717, 1.165) is 35.2 Å². The Morgan fingerprint density at radius 3 is 1.74 bits per heavy atom. The zero-order valence-corrected chi connectivity index (χ0v) is 28.1. The van der Waals surface area contributed by atoms with E-state index in [1.54, 1.807) is 24.3 Å². The number of anilines is 2. The molecule has 2 aromatic rings. The molecule has 0 aliphatic heterocycles. The number of halogens is 1. The number of nitro groups is 2. The van der Waals surface area contributed by atoms with Crippen molar-refractivity contribution in [1.29, 1.82) is 0 Å². The van der Waals surface area contributed by atoms with Gasteiger partial charge in [-0.1, -0.05) is 33.2 Å². The predicted octanol–water partition coefficient (Wildman–Crippen LogP) is 5.79. The van der Waals surface area contributed by atoms with Gasteiger partial charge >= 0.3 is 18.9 Å². The van der Waals surface area contributed by atoms with Crippen LogP contribution in [0.2, 0.25) is 0 Å². The third-order valence-electron chi connectivity index (χ3n) is 4.01. The summed E-state index contributed by atoms with van der Waals surface area (Å²) in [5.74, 6) is 0. The van der Waals surface area contributed by atoms with Crippen molar-refractivity contribution in [3.63, 3.8) is 0 Å². The predicted molar refractivity (Wildman–Crippen MR) is 180 cm³/mol. The molecule has 8 nitrogen and oxygen atoms in total. The minimum Gasteiger partial charge on any atom is -0.385 e. The van der Waals surface area contributed by atoms with Crippen LogP contribution in [0.5, 0.6) is 0 Å². The van der Waals surface area contributed by atoms with Gasteiger partial charge in [-0.2, -0.15) is 6.42 Å². The molecule has 1 unspecified atom stereocenters. The Hall–Kier alpha value is -1.04. The van der Waals surface area contributed by atoms with Crippen molar-refractivity contribution in [2.24, 2.45) is 0 Å². The summed E-state index contributed by atoms with van der Waals surface area (Å²) >= 11 is 13.3. The Kier molecular flexibility index (Phi) is 28.6. The van der Waals surface area contributed by atoms with Crippen LogP contribution in [0.25, 0.3) is 0 Å². The van der Waals surface area contributed by atoms with Gasteiger partial charge in [-0.15, -0.1) is 11.8 Å². The summed E-state index contributed by atoms with van der Waals surface area (Å²) in [6.45, 7) is 11.3. The van der Waals surface area contributed by atoms with Crippen molar-refractivity contribution in [2.45, 2.75) is 33.6 Å². The Morgan fingerprint density at radius 1 is 1.08 bits per heavy atom. The molecule has 14 heteroatoms. The maximum Gasteiger partial charge on any atom is 1.00 e. The maximum absolute atomic E-state index is 10.5. The number of thiocarbonyl (C=S) groups is 2. The number of nitrogens with one attached hydrogen (secondary N) is 1. The van der Waals surface area contributed by atoms with E-state index in [0.29, 0.717) is 0 Å². The normalized spacial score (nSPS) is 9.66. The molecule has 38 heavy (non-hydrogen) atoms. The fraction of sp³-hybridized carbons (Fsp3) is 0.375. The summed E-state index contributed by atoms with van der Waals surface area (Å²) in [5, 5.41) is 23.8. The molecule has 0 saturated carbocycles. The van der Waals surface area contributed by atoms with Gasteiger partial charge in [0.25, 0.3) is 11.4 Å². The van der Waals surface area contributed by atoms with E-state index in [1.165, 1.54) is 42.4 Å². The van der Waals surface area contributed by atoms with E-state index >= 15 is 0 Å². The van der Waals surface area contributed by atoms with Crippen molar-refractivity contribution in [3.05, 3.63) is 75.7 Å². The first-order valence-corrected chi connectivity index (χ1v) is 17.3. The minimum absolute atomic E-state index is 0. The van der Waals surface area contributed by atoms with Crippen LogP contribution in [0.1, 0.15) is 33.6 Å². The molecule has 0 aliphatic rings. The van der Waals surface area contributed by atoms with E-state index in [2.05, 4.69) is 56.9 Å². The van der Waals surface area contributed by atoms with Crippen LogP contribution >= 0.6 is 65.1 Å². The van der Waals surface area contributed by atoms with Gasteiger partial charge < -0.3 is 17.1 Å². The van der Waals surface area contributed by atoms with Crippen molar-refractivity contribution < 1.29 is 28.7 Å². The minimum atomic E-state index is -0.410. The van der Waals surface area contributed by atoms with Crippen LogP contribution < -0.4 is 29.1 Å². The molecule has 0 fully saturated rings. The monoisotopic (exact) mass is 704 g/mol. The molecule has 0 aromatic heterocycles. The SMILES string of the molecule is CCN(C(=S)SC)c1ccc([N+](=O)[O-])cc1.CCNc1ccc([N+](=O)[O-])cc1.CS(I)=C=S.[CH2-]CCC.[Li+]. The van der Waals surface area contributed by atoms with Gasteiger partial charge in [0.1, 0.15) is 4.32 Å². The second-order valence-electron chi connectivity index (χ2n) is 6.69. The fourth-order valence-electron chi connectivity index (χ4n) is 2.19. The average molecular weight is 705 g/mol. The Bertz CT molecular complexity index is 1000. The summed E-state index contributed by atoms with van der Waals surface area (Å²) in [4.78, 5) is 21.9. The standard InChI is InChI=1S/C10H12N2O2S2.C8H10N2O2.C4H9.C2H3IS2.Li/c1-3-11(10(15)16-2)8-4-6-9(7-5-8)12(13)14;1-2-9-7-3-5-8(6-4-7)10(11)12;1-3-4-2;1-5(3)2-4;/h4-7H,3H2,1-2H3;3-6,9H,2H2,1H3;1,3-4H2,2H3;1H3;/q;;-1;;+1. The van der Waals surface area contributed by atoms with E-state index in [-0.39, 0.29) is 37.9 Å². The maximum atomic E-state index is 10.5. The topological polar surface area (TPSA) is 102 Å². The first-order valence-electron chi connectivity index (χ1n) is 11.1. The third kappa shape index (κ3) is 19.9. The molecule has 1 N–H and O–H groups in total. The number of benzene rings is 2. The fourth-order valence-corrected chi connectivity index (χ4v) is 2.88. The molecule has 0 radical (unpaired) electrons. The Labute approximate surface area is 268 Å². The van der Waals surface area contributed by atoms with Crippen LogP contribution in [0.4, 0.5) is 22.7 Å². The molecule has 0 aliphatic carbocycles. The number of hydrogen-bond donors (Lipinski definition) is 1. The van der Waals surface area contributed by atoms with E-state index < -0.39 is 9.85 Å². The second kappa shape index (κ2) is 26.2. The third-order valence-corrected chi connectivity index (χ3v) is 7.84. The molecular formula is C24H34ILiN4O4S4. The van der Waals surface area contributed by atoms with Gasteiger partial charge in [-0.3, -0.25) is 20.2 Å². The number of thioether (sulfide) groups is 1. The Morgan fingerprint density at radius 2 is 1.47 bits per heavy atom. The van der Waals surface area contributed by atoms with Gasteiger partial charge in [0.2, 0.25) is 0 Å². The molecule has 1 atom stereocenters. The van der Waals surface area contributed by atoms with E-state index in [1.807, 2.05) is 31.3 Å². The summed E-state index contributed by atoms with van der Waals surface area (Å²) < 4.78 is 3.39. The number of hydrogen-bond acceptors (Lipinski definition) is 8. The second-order valence-corrected chi connectivity index (χ2v) is 13.6. The number of rotatable bonds is 7. The first kappa shape index (κ1) is 41.4. The zero-order chi connectivity index (χ0) is 28.8. The molecule has 206 valence electrons. The van der Waals surface area contributed by atoms with Crippen molar-refractivity contribution in [1.82, 2.24) is 0 Å². The van der Waals surface area contributed by atoms with E-state index in [4.69, 9.17) is 12.2 Å². The molecule has 0 bridgehead atoms. The number of unbranched alkanes of at least 4 members (excludes halogenated alkanes) is 1. The number of nitrogens with zero attached hydrogens (tertiary/aromatic N) is 3. The molecule has 2 rings (SSSR count). The van der Waals surface area contributed by atoms with Crippen LogP contribution in [-0.2, 0) is 0 Å². The van der Waals surface area contributed by atoms with E-state index in [9.17, 15) is 20.2 Å². The van der Waals surface area contributed by atoms with Crippen molar-refractivity contribution in [2.75, 3.05) is 35.8 Å². The van der Waals surface area contributed by atoms with Crippen LogP contribution in [0.3, 0.4) is 0 Å².